The maximum atomic E-state index is 13.9. The molecule has 0 atom stereocenters. The topological polar surface area (TPSA) is 72.1 Å². The van der Waals surface area contributed by atoms with Crippen molar-refractivity contribution in [3.63, 3.8) is 0 Å². The van der Waals surface area contributed by atoms with Gasteiger partial charge in [0, 0.05) is 41.0 Å². The van der Waals surface area contributed by atoms with Crippen LogP contribution in [0.5, 0.6) is 0 Å². The van der Waals surface area contributed by atoms with Gasteiger partial charge < -0.3 is 4.42 Å². The summed E-state index contributed by atoms with van der Waals surface area (Å²) in [6, 6.07) is 20.6. The lowest BCUT2D eigenvalue weighted by molar-refractivity contribution is 0.0959. The highest BCUT2D eigenvalue weighted by molar-refractivity contribution is 7.98. The van der Waals surface area contributed by atoms with E-state index in [1.165, 1.54) is 23.9 Å². The highest BCUT2D eigenvalue weighted by Crippen LogP contribution is 2.33. The van der Waals surface area contributed by atoms with E-state index in [1.807, 2.05) is 42.5 Å². The summed E-state index contributed by atoms with van der Waals surface area (Å²) in [5, 5.41) is 1.46. The molecule has 3 heterocycles. The molecule has 0 fully saturated rings. The van der Waals surface area contributed by atoms with E-state index in [2.05, 4.69) is 15.0 Å². The van der Waals surface area contributed by atoms with Gasteiger partial charge in [0.2, 0.25) is 0 Å². The third-order valence-electron chi connectivity index (χ3n) is 5.21. The molecule has 2 aromatic carbocycles. The average molecular weight is 471 g/mol. The first kappa shape index (κ1) is 21.8. The smallest absolute Gasteiger partial charge is 0.294 e. The molecule has 0 saturated heterocycles. The summed E-state index contributed by atoms with van der Waals surface area (Å²) in [7, 11) is 0. The molecule has 3 aromatic heterocycles. The molecule has 0 aliphatic heterocycles. The van der Waals surface area contributed by atoms with Crippen LogP contribution in [0.2, 0.25) is 0 Å². The zero-order valence-electron chi connectivity index (χ0n) is 18.0. The summed E-state index contributed by atoms with van der Waals surface area (Å²) >= 11 is 1.42. The van der Waals surface area contributed by atoms with Gasteiger partial charge >= 0.3 is 0 Å². The second-order valence-corrected chi connectivity index (χ2v) is 8.36. The lowest BCUT2D eigenvalue weighted by Crippen LogP contribution is -2.31. The Labute approximate surface area is 199 Å². The Morgan fingerprint density at radius 2 is 1.62 bits per heavy atom. The molecule has 0 N–H and O–H groups in total. The Kier molecular flexibility index (Phi) is 6.31. The molecular formula is C26H19FN4O2S. The molecule has 8 heteroatoms. The van der Waals surface area contributed by atoms with Crippen LogP contribution in [-0.4, -0.2) is 20.9 Å². The number of amides is 1. The van der Waals surface area contributed by atoms with Gasteiger partial charge in [0.1, 0.15) is 11.4 Å². The van der Waals surface area contributed by atoms with E-state index in [0.717, 1.165) is 10.9 Å². The number of nitrogens with zero attached hydrogens (tertiary/aromatic N) is 4. The van der Waals surface area contributed by atoms with Crippen molar-refractivity contribution in [1.29, 1.82) is 0 Å². The first-order valence-corrected chi connectivity index (χ1v) is 11.5. The third-order valence-corrected chi connectivity index (χ3v) is 6.11. The summed E-state index contributed by atoms with van der Waals surface area (Å²) in [6.07, 6.45) is 5.03. The standard InChI is InChI=1S/C26H19FN4O2S/c27-18-9-11-20(12-10-18)31(16-19-6-3-4-13-28-19)25(32)24-22(17-34-26-29-14-5-15-30-26)21-7-1-2-8-23(21)33-24/h1-15H,16-17H2. The first-order valence-electron chi connectivity index (χ1n) is 10.6. The molecule has 168 valence electrons. The summed E-state index contributed by atoms with van der Waals surface area (Å²) in [4.78, 5) is 28.3. The first-order chi connectivity index (χ1) is 16.7. The summed E-state index contributed by atoms with van der Waals surface area (Å²) in [5.74, 6) is -0.0382. The molecule has 0 aliphatic carbocycles. The highest BCUT2D eigenvalue weighted by Gasteiger charge is 2.27. The second kappa shape index (κ2) is 9.84. The molecule has 1 amide bonds. The number of anilines is 1. The van der Waals surface area contributed by atoms with Crippen LogP contribution < -0.4 is 4.90 Å². The fourth-order valence-corrected chi connectivity index (χ4v) is 4.42. The molecule has 5 aromatic rings. The molecule has 0 radical (unpaired) electrons. The van der Waals surface area contributed by atoms with Gasteiger partial charge in [-0.2, -0.15) is 0 Å². The van der Waals surface area contributed by atoms with Crippen molar-refractivity contribution in [2.24, 2.45) is 0 Å². The predicted molar refractivity (Wildman–Crippen MR) is 129 cm³/mol. The van der Waals surface area contributed by atoms with Crippen molar-refractivity contribution < 1.29 is 13.6 Å². The van der Waals surface area contributed by atoms with Gasteiger partial charge in [-0.3, -0.25) is 14.7 Å². The van der Waals surface area contributed by atoms with Gasteiger partial charge in [0.05, 0.1) is 12.2 Å². The van der Waals surface area contributed by atoms with Crippen molar-refractivity contribution in [3.8, 4) is 0 Å². The Bertz CT molecular complexity index is 1410. The molecular weight excluding hydrogens is 451 g/mol. The fraction of sp³-hybridized carbons (Fsp3) is 0.0769. The van der Waals surface area contributed by atoms with Gasteiger partial charge in [-0.05, 0) is 48.5 Å². The van der Waals surface area contributed by atoms with Crippen molar-refractivity contribution in [3.05, 3.63) is 114 Å². The van der Waals surface area contributed by atoms with E-state index in [4.69, 9.17) is 4.42 Å². The van der Waals surface area contributed by atoms with Gasteiger partial charge in [-0.15, -0.1) is 0 Å². The SMILES string of the molecule is O=C(c1oc2ccccc2c1CSc1ncccn1)N(Cc1ccccn1)c1ccc(F)cc1. The van der Waals surface area contributed by atoms with Crippen molar-refractivity contribution in [1.82, 2.24) is 15.0 Å². The Balaban J connectivity index is 1.55. The molecule has 6 nitrogen and oxygen atoms in total. The number of rotatable bonds is 7. The number of aromatic nitrogens is 3. The van der Waals surface area contributed by atoms with Crippen LogP contribution in [0.4, 0.5) is 10.1 Å². The van der Waals surface area contributed by atoms with Crippen LogP contribution in [-0.2, 0) is 12.3 Å². The summed E-state index contributed by atoms with van der Waals surface area (Å²) < 4.78 is 19.7. The number of furan rings is 1. The van der Waals surface area contributed by atoms with Gasteiger partial charge in [0.15, 0.2) is 10.9 Å². The minimum atomic E-state index is -0.377. The maximum Gasteiger partial charge on any atom is 0.294 e. The molecule has 0 bridgehead atoms. The fourth-order valence-electron chi connectivity index (χ4n) is 3.59. The minimum absolute atomic E-state index is 0.205. The molecule has 34 heavy (non-hydrogen) atoms. The summed E-state index contributed by atoms with van der Waals surface area (Å²) in [5.41, 5.74) is 2.62. The number of carbonyl (C=O) groups excluding carboxylic acids is 1. The summed E-state index contributed by atoms with van der Waals surface area (Å²) in [6.45, 7) is 0.205. The van der Waals surface area contributed by atoms with E-state index in [9.17, 15) is 9.18 Å². The van der Waals surface area contributed by atoms with Crippen molar-refractivity contribution >= 4 is 34.3 Å². The van der Waals surface area contributed by atoms with Crippen LogP contribution in [0, 0.1) is 5.82 Å². The Hall–Kier alpha value is -4.04. The van der Waals surface area contributed by atoms with Gasteiger partial charge in [-0.1, -0.05) is 36.0 Å². The van der Waals surface area contributed by atoms with Crippen LogP contribution in [0.1, 0.15) is 21.8 Å². The van der Waals surface area contributed by atoms with E-state index in [1.54, 1.807) is 41.7 Å². The predicted octanol–water partition coefficient (Wildman–Crippen LogP) is 5.90. The normalized spacial score (nSPS) is 11.0. The van der Waals surface area contributed by atoms with E-state index in [-0.39, 0.29) is 24.0 Å². The highest BCUT2D eigenvalue weighted by atomic mass is 32.2. The molecule has 5 rings (SSSR count). The monoisotopic (exact) mass is 470 g/mol. The van der Waals surface area contributed by atoms with Crippen LogP contribution in [0.25, 0.3) is 11.0 Å². The second-order valence-electron chi connectivity index (χ2n) is 7.41. The Morgan fingerprint density at radius 3 is 2.38 bits per heavy atom. The van der Waals surface area contributed by atoms with E-state index in [0.29, 0.717) is 27.9 Å². The van der Waals surface area contributed by atoms with E-state index < -0.39 is 0 Å². The number of hydrogen-bond donors (Lipinski definition) is 0. The lowest BCUT2D eigenvalue weighted by atomic mass is 10.1. The van der Waals surface area contributed by atoms with Crippen LogP contribution in [0.3, 0.4) is 0 Å². The number of fused-ring (bicyclic) bond motifs is 1. The van der Waals surface area contributed by atoms with Gasteiger partial charge in [0.25, 0.3) is 5.91 Å². The molecule has 0 aliphatic rings. The van der Waals surface area contributed by atoms with Crippen molar-refractivity contribution in [2.75, 3.05) is 4.90 Å². The molecule has 0 spiro atoms. The lowest BCUT2D eigenvalue weighted by Gasteiger charge is -2.22. The van der Waals surface area contributed by atoms with Crippen molar-refractivity contribution in [2.45, 2.75) is 17.5 Å². The quantitative estimate of drug-likeness (QED) is 0.218. The number of carbonyl (C=O) groups is 1. The number of pyridine rings is 1. The third kappa shape index (κ3) is 4.67. The maximum absolute atomic E-state index is 13.9. The number of para-hydroxylation sites is 1. The largest absolute Gasteiger partial charge is 0.451 e. The zero-order chi connectivity index (χ0) is 23.3. The average Bonchev–Trinajstić information content (AvgIpc) is 3.26. The Morgan fingerprint density at radius 1 is 0.882 bits per heavy atom. The van der Waals surface area contributed by atoms with Gasteiger partial charge in [-0.25, -0.2) is 14.4 Å². The number of halogens is 1. The number of benzene rings is 2. The van der Waals surface area contributed by atoms with Crippen LogP contribution >= 0.6 is 11.8 Å². The van der Waals surface area contributed by atoms with E-state index >= 15 is 0 Å². The molecule has 0 unspecified atom stereocenters. The molecule has 0 saturated carbocycles. The van der Waals surface area contributed by atoms with Crippen LogP contribution in [0.15, 0.2) is 101 Å². The number of thioether (sulfide) groups is 1. The minimum Gasteiger partial charge on any atom is -0.451 e. The zero-order valence-corrected chi connectivity index (χ0v) is 18.8. The number of hydrogen-bond acceptors (Lipinski definition) is 6.